The van der Waals surface area contributed by atoms with Gasteiger partial charge in [0, 0.05) is 12.1 Å². The topological polar surface area (TPSA) is 21.3 Å². The molecule has 0 aliphatic heterocycles. The van der Waals surface area contributed by atoms with E-state index in [0.717, 1.165) is 17.7 Å². The second-order valence-corrected chi connectivity index (χ2v) is 5.40. The number of ether oxygens (including phenoxy) is 1. The Balaban J connectivity index is 1.93. The number of hydrogen-bond acceptors (Lipinski definition) is 2. The number of halogens is 1. The van der Waals surface area contributed by atoms with Crippen LogP contribution in [0.15, 0.2) is 48.5 Å². The highest BCUT2D eigenvalue weighted by atomic mass is 19.1. The molecule has 0 heterocycles. The third-order valence-corrected chi connectivity index (χ3v) is 3.58. The Kier molecular flexibility index (Phi) is 5.34. The van der Waals surface area contributed by atoms with E-state index in [1.807, 2.05) is 18.2 Å². The molecule has 3 heteroatoms. The van der Waals surface area contributed by atoms with Crippen molar-refractivity contribution in [2.24, 2.45) is 0 Å². The second kappa shape index (κ2) is 7.23. The normalized spacial score (nSPS) is 13.7. The summed E-state index contributed by atoms with van der Waals surface area (Å²) in [6.45, 7) is 4.24. The first-order chi connectivity index (χ1) is 10.1. The fourth-order valence-corrected chi connectivity index (χ4v) is 2.49. The minimum Gasteiger partial charge on any atom is -0.497 e. The van der Waals surface area contributed by atoms with Gasteiger partial charge in [-0.2, -0.15) is 0 Å². The molecule has 0 amide bonds. The van der Waals surface area contributed by atoms with Gasteiger partial charge in [-0.25, -0.2) is 4.39 Å². The summed E-state index contributed by atoms with van der Waals surface area (Å²) in [7, 11) is 1.66. The molecule has 0 aromatic heterocycles. The number of benzene rings is 2. The lowest BCUT2D eigenvalue weighted by molar-refractivity contribution is 0.414. The Morgan fingerprint density at radius 1 is 1.10 bits per heavy atom. The van der Waals surface area contributed by atoms with Crippen LogP contribution in [0.2, 0.25) is 0 Å². The first-order valence-electron chi connectivity index (χ1n) is 7.23. The zero-order chi connectivity index (χ0) is 15.2. The summed E-state index contributed by atoms with van der Waals surface area (Å²) in [5.41, 5.74) is 2.22. The van der Waals surface area contributed by atoms with E-state index >= 15 is 0 Å². The summed E-state index contributed by atoms with van der Waals surface area (Å²) in [5.74, 6) is 0.682. The van der Waals surface area contributed by atoms with Crippen molar-refractivity contribution in [3.63, 3.8) is 0 Å². The lowest BCUT2D eigenvalue weighted by Crippen LogP contribution is -2.30. The summed E-state index contributed by atoms with van der Waals surface area (Å²) in [4.78, 5) is 0. The van der Waals surface area contributed by atoms with E-state index in [1.54, 1.807) is 19.2 Å². The van der Waals surface area contributed by atoms with Crippen LogP contribution in [0.3, 0.4) is 0 Å². The van der Waals surface area contributed by atoms with E-state index in [0.29, 0.717) is 0 Å². The average Bonchev–Trinajstić information content (AvgIpc) is 2.47. The van der Waals surface area contributed by atoms with Crippen LogP contribution in [0, 0.1) is 5.82 Å². The molecule has 0 saturated heterocycles. The first kappa shape index (κ1) is 15.5. The van der Waals surface area contributed by atoms with Crippen LogP contribution < -0.4 is 10.1 Å². The van der Waals surface area contributed by atoms with Gasteiger partial charge < -0.3 is 10.1 Å². The zero-order valence-electron chi connectivity index (χ0n) is 12.8. The molecule has 112 valence electrons. The van der Waals surface area contributed by atoms with Gasteiger partial charge >= 0.3 is 0 Å². The molecular weight excluding hydrogens is 265 g/mol. The molecule has 1 unspecified atom stereocenters. The van der Waals surface area contributed by atoms with Crippen LogP contribution in [0.25, 0.3) is 0 Å². The van der Waals surface area contributed by atoms with Crippen LogP contribution in [-0.2, 0) is 6.42 Å². The van der Waals surface area contributed by atoms with Crippen molar-refractivity contribution in [3.8, 4) is 5.75 Å². The lowest BCUT2D eigenvalue weighted by Gasteiger charge is -2.20. The lowest BCUT2D eigenvalue weighted by atomic mass is 10.0. The first-order valence-corrected chi connectivity index (χ1v) is 7.23. The van der Waals surface area contributed by atoms with Gasteiger partial charge in [0.05, 0.1) is 7.11 Å². The van der Waals surface area contributed by atoms with Crippen molar-refractivity contribution >= 4 is 0 Å². The maximum absolute atomic E-state index is 13.2. The standard InChI is InChI=1S/C18H22FNO/c1-13(11-15-5-4-6-17(19)12-15)20-14(2)16-7-9-18(21-3)10-8-16/h4-10,12-14,20H,11H2,1-3H3/t13?,14-/m0/s1. The highest BCUT2D eigenvalue weighted by molar-refractivity contribution is 5.29. The fraction of sp³-hybridized carbons (Fsp3) is 0.333. The van der Waals surface area contributed by atoms with E-state index < -0.39 is 0 Å². The van der Waals surface area contributed by atoms with E-state index in [9.17, 15) is 4.39 Å². The predicted molar refractivity (Wildman–Crippen MR) is 84.1 cm³/mol. The molecule has 0 radical (unpaired) electrons. The molecular formula is C18H22FNO. The summed E-state index contributed by atoms with van der Waals surface area (Å²) in [6.07, 6.45) is 0.804. The second-order valence-electron chi connectivity index (χ2n) is 5.40. The largest absolute Gasteiger partial charge is 0.497 e. The van der Waals surface area contributed by atoms with E-state index in [1.165, 1.54) is 11.6 Å². The predicted octanol–water partition coefficient (Wildman–Crippen LogP) is 4.12. The summed E-state index contributed by atoms with van der Waals surface area (Å²) in [5, 5.41) is 3.54. The SMILES string of the molecule is COc1ccc([C@H](C)NC(C)Cc2cccc(F)c2)cc1. The Bertz CT molecular complexity index is 568. The number of rotatable bonds is 6. The van der Waals surface area contributed by atoms with Gasteiger partial charge in [-0.3, -0.25) is 0 Å². The maximum Gasteiger partial charge on any atom is 0.123 e. The van der Waals surface area contributed by atoms with E-state index in [4.69, 9.17) is 4.74 Å². The molecule has 1 N–H and O–H groups in total. The van der Waals surface area contributed by atoms with Crippen molar-refractivity contribution in [2.45, 2.75) is 32.4 Å². The van der Waals surface area contributed by atoms with Crippen LogP contribution in [-0.4, -0.2) is 13.2 Å². The quantitative estimate of drug-likeness (QED) is 0.863. The van der Waals surface area contributed by atoms with Gasteiger partial charge in [-0.05, 0) is 55.7 Å². The smallest absolute Gasteiger partial charge is 0.123 e. The van der Waals surface area contributed by atoms with Crippen molar-refractivity contribution in [3.05, 3.63) is 65.5 Å². The molecule has 0 spiro atoms. The van der Waals surface area contributed by atoms with E-state index in [2.05, 4.69) is 31.3 Å². The van der Waals surface area contributed by atoms with Crippen LogP contribution >= 0.6 is 0 Å². The monoisotopic (exact) mass is 287 g/mol. The van der Waals surface area contributed by atoms with Gasteiger partial charge in [0.15, 0.2) is 0 Å². The van der Waals surface area contributed by atoms with E-state index in [-0.39, 0.29) is 17.9 Å². The molecule has 21 heavy (non-hydrogen) atoms. The summed E-state index contributed by atoms with van der Waals surface area (Å²) < 4.78 is 18.3. The van der Waals surface area contributed by atoms with Crippen molar-refractivity contribution in [1.82, 2.24) is 5.32 Å². The Morgan fingerprint density at radius 2 is 1.81 bits per heavy atom. The van der Waals surface area contributed by atoms with Crippen LogP contribution in [0.4, 0.5) is 4.39 Å². The third-order valence-electron chi connectivity index (χ3n) is 3.58. The Hall–Kier alpha value is -1.87. The Labute approximate surface area is 126 Å². The number of methoxy groups -OCH3 is 1. The molecule has 0 fully saturated rings. The van der Waals surface area contributed by atoms with Gasteiger partial charge in [0.25, 0.3) is 0 Å². The van der Waals surface area contributed by atoms with Crippen molar-refractivity contribution in [2.75, 3.05) is 7.11 Å². The summed E-state index contributed by atoms with van der Waals surface area (Å²) >= 11 is 0. The molecule has 2 rings (SSSR count). The van der Waals surface area contributed by atoms with Crippen molar-refractivity contribution in [1.29, 1.82) is 0 Å². The van der Waals surface area contributed by atoms with Gasteiger partial charge in [-0.1, -0.05) is 24.3 Å². The fourth-order valence-electron chi connectivity index (χ4n) is 2.49. The molecule has 0 saturated carbocycles. The highest BCUT2D eigenvalue weighted by Crippen LogP contribution is 2.18. The summed E-state index contributed by atoms with van der Waals surface area (Å²) in [6, 6.07) is 15.3. The number of hydrogen-bond donors (Lipinski definition) is 1. The molecule has 0 bridgehead atoms. The molecule has 2 aromatic rings. The van der Waals surface area contributed by atoms with Crippen LogP contribution in [0.1, 0.15) is 31.0 Å². The molecule has 2 aromatic carbocycles. The molecule has 0 aliphatic rings. The zero-order valence-corrected chi connectivity index (χ0v) is 12.8. The minimum atomic E-state index is -0.178. The molecule has 2 nitrogen and oxygen atoms in total. The van der Waals surface area contributed by atoms with Gasteiger partial charge in [0.2, 0.25) is 0 Å². The minimum absolute atomic E-state index is 0.178. The Morgan fingerprint density at radius 3 is 2.43 bits per heavy atom. The van der Waals surface area contributed by atoms with Gasteiger partial charge in [0.1, 0.15) is 11.6 Å². The molecule has 2 atom stereocenters. The molecule has 0 aliphatic carbocycles. The van der Waals surface area contributed by atoms with Crippen LogP contribution in [0.5, 0.6) is 5.75 Å². The average molecular weight is 287 g/mol. The maximum atomic E-state index is 13.2. The van der Waals surface area contributed by atoms with Gasteiger partial charge in [-0.15, -0.1) is 0 Å². The number of nitrogens with one attached hydrogen (secondary N) is 1. The third kappa shape index (κ3) is 4.57. The van der Waals surface area contributed by atoms with Crippen molar-refractivity contribution < 1.29 is 9.13 Å². The highest BCUT2D eigenvalue weighted by Gasteiger charge is 2.10.